The van der Waals surface area contributed by atoms with Crippen LogP contribution in [0.2, 0.25) is 0 Å². The van der Waals surface area contributed by atoms with Crippen molar-refractivity contribution in [1.29, 1.82) is 0 Å². The van der Waals surface area contributed by atoms with Crippen LogP contribution in [0.1, 0.15) is 12.8 Å². The summed E-state index contributed by atoms with van der Waals surface area (Å²) in [5.41, 5.74) is 0. The van der Waals surface area contributed by atoms with E-state index in [0.717, 1.165) is 21.2 Å². The maximum Gasteiger partial charge on any atom is 0.304 e. The summed E-state index contributed by atoms with van der Waals surface area (Å²) in [5, 5.41) is 24.4. The number of rotatable bonds is 10. The second-order valence-electron chi connectivity index (χ2n) is 8.14. The van der Waals surface area contributed by atoms with E-state index in [1.54, 1.807) is 0 Å². The number of hydrogen-bond acceptors (Lipinski definition) is 2. The van der Waals surface area contributed by atoms with Gasteiger partial charge in [-0.1, -0.05) is 121 Å². The fraction of sp³-hybridized carbons (Fsp3) is 0.103. The molecule has 0 aromatic heterocycles. The molecule has 4 aromatic carbocycles. The summed E-state index contributed by atoms with van der Waals surface area (Å²) in [5.74, 6) is -1.99. The lowest BCUT2D eigenvalue weighted by molar-refractivity contribution is -0.138. The molecule has 4 rings (SSSR count). The number of carbonyl (C=O) groups is 2. The lowest BCUT2D eigenvalue weighted by Crippen LogP contribution is -2.42. The van der Waals surface area contributed by atoms with Gasteiger partial charge < -0.3 is 10.2 Å². The predicted molar refractivity (Wildman–Crippen MR) is 145 cm³/mol. The van der Waals surface area contributed by atoms with Gasteiger partial charge in [-0.15, -0.1) is 0 Å². The van der Waals surface area contributed by atoms with Crippen molar-refractivity contribution in [3.05, 3.63) is 121 Å². The second kappa shape index (κ2) is 11.4. The maximum absolute atomic E-state index is 12.6. The van der Waals surface area contributed by atoms with Gasteiger partial charge in [-0.3, -0.25) is 9.59 Å². The van der Waals surface area contributed by atoms with Crippen LogP contribution < -0.4 is 21.2 Å². The maximum atomic E-state index is 12.6. The van der Waals surface area contributed by atoms with Gasteiger partial charge in [0, 0.05) is 4.90 Å². The largest absolute Gasteiger partial charge is 0.481 e. The predicted octanol–water partition coefficient (Wildman–Crippen LogP) is 4.90. The molecule has 4 aromatic rings. The lowest BCUT2D eigenvalue weighted by atomic mass is 10.2. The van der Waals surface area contributed by atoms with Gasteiger partial charge in [0.25, 0.3) is 0 Å². The van der Waals surface area contributed by atoms with Gasteiger partial charge in [0.1, 0.15) is 0 Å². The van der Waals surface area contributed by atoms with Crippen LogP contribution in [0, 0.1) is 0 Å². The highest BCUT2D eigenvalue weighted by molar-refractivity contribution is 7.91. The Labute approximate surface area is 207 Å². The van der Waals surface area contributed by atoms with Crippen LogP contribution in [0.5, 0.6) is 0 Å². The minimum absolute atomic E-state index is 0.260. The molecule has 0 saturated heterocycles. The molecule has 0 bridgehead atoms. The Morgan fingerprint density at radius 2 is 0.714 bits per heavy atom. The van der Waals surface area contributed by atoms with E-state index in [0.29, 0.717) is 0 Å². The van der Waals surface area contributed by atoms with Crippen LogP contribution in [-0.4, -0.2) is 27.0 Å². The molecule has 6 heteroatoms. The number of hydrogen-bond donors (Lipinski definition) is 2. The van der Waals surface area contributed by atoms with Crippen molar-refractivity contribution in [2.45, 2.75) is 17.7 Å². The molecular weight excluding hydrogens is 474 g/mol. The van der Waals surface area contributed by atoms with Crippen LogP contribution in [0.4, 0.5) is 0 Å². The van der Waals surface area contributed by atoms with Crippen LogP contribution in [-0.2, 0) is 9.59 Å². The van der Waals surface area contributed by atoms with Crippen molar-refractivity contribution in [1.82, 2.24) is 0 Å². The second-order valence-corrected chi connectivity index (χ2v) is 13.6. The summed E-state index contributed by atoms with van der Waals surface area (Å²) in [4.78, 5) is 24.0. The van der Waals surface area contributed by atoms with Crippen LogP contribution >= 0.6 is 15.8 Å². The minimum Gasteiger partial charge on any atom is -0.481 e. The molecule has 0 saturated carbocycles. The van der Waals surface area contributed by atoms with E-state index < -0.39 is 32.7 Å². The van der Waals surface area contributed by atoms with E-state index in [9.17, 15) is 19.8 Å². The Kier molecular flexibility index (Phi) is 8.08. The summed E-state index contributed by atoms with van der Waals surface area (Å²) in [6.45, 7) is 0. The SMILES string of the molecule is O=C(O)CC(CC(=O)O)(P(c1ccccc1)c1ccccc1)P(c1ccccc1)c1ccccc1. The zero-order valence-electron chi connectivity index (χ0n) is 19.1. The fourth-order valence-electron chi connectivity index (χ4n) is 4.53. The first kappa shape index (κ1) is 24.8. The van der Waals surface area contributed by atoms with Gasteiger partial charge in [0.05, 0.1) is 12.8 Å². The van der Waals surface area contributed by atoms with E-state index in [-0.39, 0.29) is 12.8 Å². The number of aliphatic carboxylic acids is 2. The van der Waals surface area contributed by atoms with E-state index in [1.165, 1.54) is 0 Å². The molecule has 0 atom stereocenters. The van der Waals surface area contributed by atoms with Crippen LogP contribution in [0.25, 0.3) is 0 Å². The number of carboxylic acid groups (broad SMARTS) is 2. The van der Waals surface area contributed by atoms with Crippen molar-refractivity contribution in [3.8, 4) is 0 Å². The molecule has 0 spiro atoms. The summed E-state index contributed by atoms with van der Waals surface area (Å²) in [6.07, 6.45) is -0.519. The van der Waals surface area contributed by atoms with Gasteiger partial charge in [0.2, 0.25) is 0 Å². The highest BCUT2D eigenvalue weighted by Crippen LogP contribution is 2.68. The molecular formula is C29H26O4P2. The third-order valence-electron chi connectivity index (χ3n) is 5.76. The fourth-order valence-corrected chi connectivity index (χ4v) is 12.3. The molecule has 0 aliphatic heterocycles. The third kappa shape index (κ3) is 5.68. The molecule has 0 unspecified atom stereocenters. The highest BCUT2D eigenvalue weighted by atomic mass is 31.2. The van der Waals surface area contributed by atoms with E-state index in [2.05, 4.69) is 0 Å². The Bertz CT molecular complexity index is 1070. The Morgan fingerprint density at radius 3 is 0.914 bits per heavy atom. The summed E-state index contributed by atoms with van der Waals surface area (Å²) >= 11 is 0. The molecule has 0 radical (unpaired) electrons. The molecule has 0 amide bonds. The Morgan fingerprint density at radius 1 is 0.486 bits per heavy atom. The average molecular weight is 500 g/mol. The van der Waals surface area contributed by atoms with E-state index >= 15 is 0 Å². The number of benzene rings is 4. The normalized spacial score (nSPS) is 11.5. The molecule has 0 aliphatic carbocycles. The number of carboxylic acids is 2. The van der Waals surface area contributed by atoms with Gasteiger partial charge >= 0.3 is 11.9 Å². The quantitative estimate of drug-likeness (QED) is 0.304. The molecule has 35 heavy (non-hydrogen) atoms. The highest BCUT2D eigenvalue weighted by Gasteiger charge is 2.51. The van der Waals surface area contributed by atoms with Crippen LogP contribution in [0.15, 0.2) is 121 Å². The third-order valence-corrected chi connectivity index (χ3v) is 12.5. The zero-order chi connectivity index (χ0) is 24.7. The molecule has 0 fully saturated rings. The standard InChI is InChI=1S/C29H26O4P2/c30-27(31)21-29(22-28(32)33,34(23-13-5-1-6-14-23)24-15-7-2-8-16-24)35(25-17-9-3-10-18-25)26-19-11-4-12-20-26/h1-20H,21-22H2,(H,30,31)(H,32,33). The van der Waals surface area contributed by atoms with Gasteiger partial charge in [-0.05, 0) is 37.1 Å². The van der Waals surface area contributed by atoms with Gasteiger partial charge in [-0.2, -0.15) is 0 Å². The average Bonchev–Trinajstić information content (AvgIpc) is 2.86. The van der Waals surface area contributed by atoms with E-state index in [4.69, 9.17) is 0 Å². The smallest absolute Gasteiger partial charge is 0.304 e. The minimum atomic E-state index is -1.38. The summed E-state index contributed by atoms with van der Waals surface area (Å²) < 4.78 is 0. The first-order valence-electron chi connectivity index (χ1n) is 11.3. The summed E-state index contributed by atoms with van der Waals surface area (Å²) in [6, 6.07) is 39.2. The summed E-state index contributed by atoms with van der Waals surface area (Å²) in [7, 11) is -2.77. The topological polar surface area (TPSA) is 74.6 Å². The lowest BCUT2D eigenvalue weighted by Gasteiger charge is -2.46. The molecule has 0 aliphatic rings. The van der Waals surface area contributed by atoms with Crippen molar-refractivity contribution in [3.63, 3.8) is 0 Å². The molecule has 2 N–H and O–H groups in total. The zero-order valence-corrected chi connectivity index (χ0v) is 20.9. The Hall–Kier alpha value is -3.32. The monoisotopic (exact) mass is 500 g/mol. The van der Waals surface area contributed by atoms with Crippen molar-refractivity contribution in [2.24, 2.45) is 0 Å². The molecule has 4 nitrogen and oxygen atoms in total. The van der Waals surface area contributed by atoms with E-state index in [1.807, 2.05) is 121 Å². The van der Waals surface area contributed by atoms with Crippen molar-refractivity contribution in [2.75, 3.05) is 0 Å². The molecule has 176 valence electrons. The van der Waals surface area contributed by atoms with Crippen molar-refractivity contribution >= 4 is 49.0 Å². The van der Waals surface area contributed by atoms with Gasteiger partial charge in [0.15, 0.2) is 0 Å². The van der Waals surface area contributed by atoms with Crippen LogP contribution in [0.3, 0.4) is 0 Å². The first-order valence-corrected chi connectivity index (χ1v) is 13.9. The van der Waals surface area contributed by atoms with Crippen molar-refractivity contribution < 1.29 is 19.8 Å². The first-order chi connectivity index (χ1) is 17.0. The van der Waals surface area contributed by atoms with Gasteiger partial charge in [-0.25, -0.2) is 0 Å². The molecule has 0 heterocycles. The Balaban J connectivity index is 2.10.